The third-order valence-corrected chi connectivity index (χ3v) is 15.6. The summed E-state index contributed by atoms with van der Waals surface area (Å²) in [6, 6.07) is 48.2. The second-order valence-electron chi connectivity index (χ2n) is 23.2. The predicted octanol–water partition coefficient (Wildman–Crippen LogP) is 16.4. The Morgan fingerprint density at radius 3 is 1.21 bits per heavy atom. The van der Waals surface area contributed by atoms with Crippen molar-refractivity contribution in [2.45, 2.75) is 71.1 Å². The largest absolute Gasteiger partial charge is 0.466 e. The molecular formula is C76H82ClF4N17O4Y. The van der Waals surface area contributed by atoms with Crippen LogP contribution in [0.15, 0.2) is 219 Å². The molecule has 0 aliphatic rings. The number of nitrogens with zero attached hydrogens (tertiary/aromatic N) is 14. The number of benzene rings is 4. The van der Waals surface area contributed by atoms with Crippen molar-refractivity contribution in [3.05, 3.63) is 248 Å². The molecule has 5 N–H and O–H groups in total. The number of amides is 1. The van der Waals surface area contributed by atoms with Crippen molar-refractivity contribution >= 4 is 64.2 Å². The number of anilines is 7. The molecule has 0 aliphatic carbocycles. The van der Waals surface area contributed by atoms with Crippen LogP contribution < -0.4 is 26.3 Å². The number of pyridine rings is 4. The van der Waals surface area contributed by atoms with Gasteiger partial charge in [-0.1, -0.05) is 85.8 Å². The first-order valence-corrected chi connectivity index (χ1v) is 33.4. The number of carbonyl (C=O) groups is 2. The van der Waals surface area contributed by atoms with E-state index >= 15 is 0 Å². The first-order valence-electron chi connectivity index (χ1n) is 33.1. The molecule has 0 unspecified atom stereocenters. The molecule has 1 radical (unpaired) electrons. The zero-order valence-corrected chi connectivity index (χ0v) is 61.5. The number of nitrogens with two attached hydrogens (primary N) is 1. The quantitative estimate of drug-likeness (QED) is 0.0104. The van der Waals surface area contributed by atoms with Gasteiger partial charge in [-0.05, 0) is 180 Å². The van der Waals surface area contributed by atoms with E-state index in [1.165, 1.54) is 48.5 Å². The number of esters is 1. The van der Waals surface area contributed by atoms with Crippen LogP contribution in [0, 0.1) is 23.3 Å². The summed E-state index contributed by atoms with van der Waals surface area (Å²) in [6.45, 7) is 3.74. The molecule has 8 heterocycles. The zero-order chi connectivity index (χ0) is 72.6. The molecule has 12 rings (SSSR count). The van der Waals surface area contributed by atoms with Crippen LogP contribution >= 0.6 is 11.6 Å². The molecule has 0 saturated heterocycles. The number of nitrogen functional groups attached to an aromatic ring is 1. The third kappa shape index (κ3) is 27.1. The number of rotatable bonds is 25. The topological polar surface area (TPSA) is 243 Å². The fourth-order valence-corrected chi connectivity index (χ4v) is 10.4. The van der Waals surface area contributed by atoms with Crippen molar-refractivity contribution in [3.63, 3.8) is 0 Å². The molecule has 1 amide bonds. The molecule has 103 heavy (non-hydrogen) atoms. The molecule has 0 atom stereocenters. The van der Waals surface area contributed by atoms with Gasteiger partial charge < -0.3 is 25.6 Å². The van der Waals surface area contributed by atoms with E-state index in [2.05, 4.69) is 55.4 Å². The molecule has 4 aromatic carbocycles. The first-order chi connectivity index (χ1) is 49.4. The van der Waals surface area contributed by atoms with Crippen molar-refractivity contribution in [2.75, 3.05) is 40.5 Å². The van der Waals surface area contributed by atoms with Crippen LogP contribution in [0.1, 0.15) is 71.1 Å². The van der Waals surface area contributed by atoms with Crippen LogP contribution in [0.2, 0.25) is 5.15 Å². The number of ether oxygens (including phenoxy) is 1. The van der Waals surface area contributed by atoms with Crippen molar-refractivity contribution in [2.24, 2.45) is 28.2 Å². The van der Waals surface area contributed by atoms with Crippen LogP contribution in [-0.2, 0) is 75.2 Å². The van der Waals surface area contributed by atoms with Crippen LogP contribution in [0.4, 0.5) is 58.3 Å². The monoisotopic (exact) mass is 1500 g/mol. The minimum absolute atomic E-state index is 0. The summed E-state index contributed by atoms with van der Waals surface area (Å²) in [5, 5.41) is 29.2. The Kier molecular flexibility index (Phi) is 32.6. The Bertz CT molecular complexity index is 4490. The normalized spacial score (nSPS) is 10.4. The summed E-state index contributed by atoms with van der Waals surface area (Å²) >= 11 is 5.74. The van der Waals surface area contributed by atoms with Gasteiger partial charge in [0.2, 0.25) is 5.91 Å². The van der Waals surface area contributed by atoms with Gasteiger partial charge in [-0.2, -0.15) is 20.4 Å². The van der Waals surface area contributed by atoms with E-state index in [-0.39, 0.29) is 67.9 Å². The van der Waals surface area contributed by atoms with Gasteiger partial charge in [0.05, 0.1) is 6.61 Å². The van der Waals surface area contributed by atoms with Gasteiger partial charge in [0.25, 0.3) is 0 Å². The van der Waals surface area contributed by atoms with Gasteiger partial charge in [-0.25, -0.2) is 43.0 Å². The Balaban J connectivity index is 0.000000191. The van der Waals surface area contributed by atoms with Crippen LogP contribution in [0.25, 0.3) is 44.5 Å². The van der Waals surface area contributed by atoms with Gasteiger partial charge in [-0.15, -0.1) is 0 Å². The number of aryl methyl sites for hydroxylation is 4. The smallest absolute Gasteiger partial charge is 0.305 e. The van der Waals surface area contributed by atoms with E-state index in [1.807, 2.05) is 114 Å². The Morgan fingerprint density at radius 1 is 0.447 bits per heavy atom. The molecule has 0 spiro atoms. The van der Waals surface area contributed by atoms with E-state index in [4.69, 9.17) is 27.3 Å². The van der Waals surface area contributed by atoms with Crippen molar-refractivity contribution in [1.82, 2.24) is 64.5 Å². The van der Waals surface area contributed by atoms with Crippen molar-refractivity contribution in [1.29, 1.82) is 0 Å². The van der Waals surface area contributed by atoms with Gasteiger partial charge in [0.15, 0.2) is 17.5 Å². The number of hydrogen-bond acceptors (Lipinski definition) is 16. The summed E-state index contributed by atoms with van der Waals surface area (Å²) in [5.41, 5.74) is 14.5. The zero-order valence-electron chi connectivity index (χ0n) is 58.0. The van der Waals surface area contributed by atoms with Crippen molar-refractivity contribution in [3.8, 4) is 44.5 Å². The fraction of sp³-hybridized carbons (Fsp3) is 0.237. The second kappa shape index (κ2) is 42.1. The Labute approximate surface area is 626 Å². The summed E-state index contributed by atoms with van der Waals surface area (Å²) in [5.74, 6) is 3.73. The van der Waals surface area contributed by atoms with Crippen LogP contribution in [-0.4, -0.2) is 95.8 Å². The van der Waals surface area contributed by atoms with E-state index in [0.717, 1.165) is 138 Å². The number of halogens is 5. The van der Waals surface area contributed by atoms with E-state index in [1.54, 1.807) is 116 Å². The Morgan fingerprint density at radius 2 is 0.835 bits per heavy atom. The van der Waals surface area contributed by atoms with Crippen LogP contribution in [0.3, 0.4) is 0 Å². The molecule has 0 saturated carbocycles. The van der Waals surface area contributed by atoms with Gasteiger partial charge in [0, 0.05) is 155 Å². The average molecular weight is 1500 g/mol. The SMILES string of the molecule is CCOC(=O)CCCCCCN(c1cc(-c2ccc(F)cc2)ccn1)c1ccn(C)n1.Cn1ccc(N(CCCCCCC(=O)NO)c2cc(-c3ccc(F)cc3)ccn2)n1.Cn1ccc(N)n1.Cn1ccc(Nc2cc(-c3ccc(F)cc3)ccn2)n1.Fc1ccc(-c2ccnc(Cl)c2)cc1.[Y]. The number of hydroxylamine groups is 1. The van der Waals surface area contributed by atoms with Crippen LogP contribution in [0.5, 0.6) is 0 Å². The standard InChI is InChI=1S/C24H29FN4O2.C22H26FN5O2.C15H13FN4.C11H7ClFN.C4H7N3.Y/c1-3-31-24(30)8-6-4-5-7-16-29(22-14-17-28(2)27-22)23-18-20(13-15-26-23)19-9-11-21(25)12-10-19;1-27-15-12-20(25-27)28(14-5-3-2-4-6-22(29)26-30)21-16-18(11-13-24-21)17-7-9-19(23)10-8-17;1-20-9-7-14(19-20)18-15-10-12(6-8-17-15)11-2-4-13(16)5-3-11;12-11-7-9(5-6-14-11)8-1-3-10(13)4-2-8;1-7-3-2-4(5)6-7;/h9-15,17-18H,3-8,16H2,1-2H3;7-13,15-16,30H,2-6,14H2,1H3,(H,26,29);2-10H,1H3,(H,17,18,19);1-7H;2-3H,1H3,(H2,5,6);. The number of unbranched alkanes of at least 4 members (excludes halogenated alkanes) is 6. The van der Waals surface area contributed by atoms with E-state index in [9.17, 15) is 27.2 Å². The predicted molar refractivity (Wildman–Crippen MR) is 391 cm³/mol. The Hall–Kier alpha value is -10.5. The number of nitrogens with one attached hydrogen (secondary N) is 2. The van der Waals surface area contributed by atoms with Crippen molar-refractivity contribution < 1.29 is 69.8 Å². The minimum atomic E-state index is -0.355. The number of aromatic nitrogens is 12. The molecule has 27 heteroatoms. The summed E-state index contributed by atoms with van der Waals surface area (Å²) in [6.07, 6.45) is 22.3. The maximum atomic E-state index is 13.3. The van der Waals surface area contributed by atoms with E-state index < -0.39 is 0 Å². The molecule has 12 aromatic rings. The van der Waals surface area contributed by atoms with Gasteiger partial charge in [-0.3, -0.25) is 33.5 Å². The third-order valence-electron chi connectivity index (χ3n) is 15.4. The fourth-order valence-electron chi connectivity index (χ4n) is 10.2. The second-order valence-corrected chi connectivity index (χ2v) is 23.6. The van der Waals surface area contributed by atoms with Gasteiger partial charge in [0.1, 0.15) is 51.7 Å². The number of hydrogen-bond donors (Lipinski definition) is 4. The summed E-state index contributed by atoms with van der Waals surface area (Å²) < 4.78 is 64.0. The van der Waals surface area contributed by atoms with Gasteiger partial charge >= 0.3 is 5.97 Å². The molecule has 21 nitrogen and oxygen atoms in total. The molecule has 0 aliphatic heterocycles. The minimum Gasteiger partial charge on any atom is -0.466 e. The molecule has 0 bridgehead atoms. The summed E-state index contributed by atoms with van der Waals surface area (Å²) in [4.78, 5) is 43.9. The molecular weight excluding hydrogens is 1420 g/mol. The molecule has 8 aromatic heterocycles. The first kappa shape index (κ1) is 79.9. The average Bonchev–Trinajstić information content (AvgIpc) is 1.79. The summed E-state index contributed by atoms with van der Waals surface area (Å²) in [7, 11) is 7.44. The maximum Gasteiger partial charge on any atom is 0.305 e. The maximum absolute atomic E-state index is 13.3. The van der Waals surface area contributed by atoms with E-state index in [0.29, 0.717) is 36.2 Å². The molecule has 0 fully saturated rings. The molecule has 533 valence electrons. The number of carbonyl (C=O) groups excluding carboxylic acids is 2.